The van der Waals surface area contributed by atoms with E-state index in [0.29, 0.717) is 6.42 Å². The predicted octanol–water partition coefficient (Wildman–Crippen LogP) is 4.41. The number of amides is 2. The van der Waals surface area contributed by atoms with Crippen LogP contribution in [0.1, 0.15) is 56.6 Å². The van der Waals surface area contributed by atoms with Crippen LogP contribution in [0, 0.1) is 11.3 Å². The molecule has 2 aromatic carbocycles. The Morgan fingerprint density at radius 3 is 2.14 bits per heavy atom. The first-order chi connectivity index (χ1) is 16.8. The van der Waals surface area contributed by atoms with E-state index in [0.717, 1.165) is 24.0 Å². The number of hydrogen-bond acceptors (Lipinski definition) is 4. The van der Waals surface area contributed by atoms with Crippen molar-refractivity contribution >= 4 is 18.0 Å². The highest BCUT2D eigenvalue weighted by Crippen LogP contribution is 2.45. The van der Waals surface area contributed by atoms with Gasteiger partial charge in [0.15, 0.2) is 0 Å². The fraction of sp³-hybridized carbons (Fsp3) is 0.464. The van der Waals surface area contributed by atoms with Gasteiger partial charge in [0.05, 0.1) is 12.0 Å². The lowest BCUT2D eigenvalue weighted by molar-refractivity contribution is -0.166. The second kappa shape index (κ2) is 8.70. The van der Waals surface area contributed by atoms with Gasteiger partial charge < -0.3 is 20.1 Å². The van der Waals surface area contributed by atoms with Crippen LogP contribution in [0.2, 0.25) is 0 Å². The summed E-state index contributed by atoms with van der Waals surface area (Å²) in [6, 6.07) is 16.4. The lowest BCUT2D eigenvalue weighted by atomic mass is 9.76. The molecule has 0 aromatic heterocycles. The normalized spacial score (nSPS) is 19.7. The number of carbonyl (C=O) groups is 3. The minimum absolute atomic E-state index is 0.0266. The molecule has 1 aliphatic heterocycles. The summed E-state index contributed by atoms with van der Waals surface area (Å²) in [6.45, 7) is 4.40. The zero-order valence-electron chi connectivity index (χ0n) is 20.3. The first-order valence-corrected chi connectivity index (χ1v) is 12.4. The SMILES string of the molecule is CCC1(C(=O)O)CN(C(=O)CC(C)(NC(=O)OCC2c3ccccc3-c3ccccc32)C2CC2)C1. The van der Waals surface area contributed by atoms with Crippen molar-refractivity contribution in [3.05, 3.63) is 59.7 Å². The maximum absolute atomic E-state index is 13.0. The molecule has 1 saturated heterocycles. The molecule has 184 valence electrons. The number of nitrogens with zero attached hydrogens (tertiary/aromatic N) is 1. The summed E-state index contributed by atoms with van der Waals surface area (Å²) in [5.41, 5.74) is 3.09. The van der Waals surface area contributed by atoms with Crippen LogP contribution in [0.3, 0.4) is 0 Å². The van der Waals surface area contributed by atoms with E-state index in [1.54, 1.807) is 4.90 Å². The Bertz CT molecular complexity index is 1120. The zero-order chi connectivity index (χ0) is 24.8. The number of nitrogens with one attached hydrogen (secondary N) is 1. The summed E-state index contributed by atoms with van der Waals surface area (Å²) < 4.78 is 5.72. The summed E-state index contributed by atoms with van der Waals surface area (Å²) in [7, 11) is 0. The van der Waals surface area contributed by atoms with Gasteiger partial charge >= 0.3 is 12.1 Å². The number of likely N-dealkylation sites (tertiary alicyclic amines) is 1. The van der Waals surface area contributed by atoms with Crippen molar-refractivity contribution in [3.8, 4) is 11.1 Å². The number of alkyl carbamates (subject to hydrolysis) is 1. The maximum atomic E-state index is 13.0. The number of ether oxygens (including phenoxy) is 1. The largest absolute Gasteiger partial charge is 0.481 e. The average Bonchev–Trinajstić information content (AvgIpc) is 3.61. The molecule has 2 fully saturated rings. The van der Waals surface area contributed by atoms with Gasteiger partial charge in [-0.25, -0.2) is 4.79 Å². The van der Waals surface area contributed by atoms with Gasteiger partial charge in [0, 0.05) is 19.0 Å². The molecule has 2 amide bonds. The van der Waals surface area contributed by atoms with E-state index in [4.69, 9.17) is 4.74 Å². The highest BCUT2D eigenvalue weighted by Gasteiger charge is 2.52. The maximum Gasteiger partial charge on any atom is 0.407 e. The molecule has 5 rings (SSSR count). The zero-order valence-corrected chi connectivity index (χ0v) is 20.3. The molecule has 35 heavy (non-hydrogen) atoms. The van der Waals surface area contributed by atoms with Crippen molar-refractivity contribution in [1.29, 1.82) is 0 Å². The van der Waals surface area contributed by atoms with Crippen LogP contribution in [0.4, 0.5) is 4.79 Å². The standard InChI is InChI=1S/C28H32N2O5/c1-3-28(25(32)33)16-30(17-28)24(31)14-27(2,18-12-13-18)29-26(34)35-15-23-21-10-6-4-8-19(21)20-9-5-7-11-22(20)23/h4-11,18,23H,3,12-17H2,1-2H3,(H,29,34)(H,32,33). The third kappa shape index (κ3) is 4.17. The smallest absolute Gasteiger partial charge is 0.407 e. The molecule has 0 bridgehead atoms. The molecule has 0 radical (unpaired) electrons. The Labute approximate surface area is 205 Å². The Balaban J connectivity index is 1.22. The molecule has 1 unspecified atom stereocenters. The van der Waals surface area contributed by atoms with E-state index in [9.17, 15) is 19.5 Å². The number of carboxylic acid groups (broad SMARTS) is 1. The highest BCUT2D eigenvalue weighted by molar-refractivity contribution is 5.84. The molecular formula is C28H32N2O5. The molecule has 2 aliphatic carbocycles. The molecule has 7 heteroatoms. The van der Waals surface area contributed by atoms with E-state index in [1.165, 1.54) is 11.1 Å². The number of carboxylic acids is 1. The van der Waals surface area contributed by atoms with Crippen LogP contribution in [-0.4, -0.2) is 53.2 Å². The third-order valence-corrected chi connectivity index (χ3v) is 8.20. The van der Waals surface area contributed by atoms with Crippen molar-refractivity contribution in [2.75, 3.05) is 19.7 Å². The Morgan fingerprint density at radius 1 is 1.06 bits per heavy atom. The first kappa shape index (κ1) is 23.4. The van der Waals surface area contributed by atoms with Crippen LogP contribution in [0.25, 0.3) is 11.1 Å². The molecule has 1 atom stereocenters. The topological polar surface area (TPSA) is 95.9 Å². The summed E-state index contributed by atoms with van der Waals surface area (Å²) in [5.74, 6) is -0.792. The second-order valence-corrected chi connectivity index (χ2v) is 10.5. The molecule has 1 saturated carbocycles. The van der Waals surface area contributed by atoms with E-state index in [-0.39, 0.29) is 43.9 Å². The van der Waals surface area contributed by atoms with Crippen molar-refractivity contribution < 1.29 is 24.2 Å². The van der Waals surface area contributed by atoms with Crippen molar-refractivity contribution in [3.63, 3.8) is 0 Å². The lowest BCUT2D eigenvalue weighted by Gasteiger charge is -2.47. The van der Waals surface area contributed by atoms with Gasteiger partial charge in [-0.3, -0.25) is 9.59 Å². The van der Waals surface area contributed by atoms with E-state index in [1.807, 2.05) is 38.1 Å². The molecule has 0 spiro atoms. The fourth-order valence-corrected chi connectivity index (χ4v) is 5.68. The third-order valence-electron chi connectivity index (χ3n) is 8.20. The van der Waals surface area contributed by atoms with Crippen LogP contribution >= 0.6 is 0 Å². The van der Waals surface area contributed by atoms with Crippen LogP contribution in [0.5, 0.6) is 0 Å². The highest BCUT2D eigenvalue weighted by atomic mass is 16.5. The van der Waals surface area contributed by atoms with E-state index < -0.39 is 23.0 Å². The molecule has 2 N–H and O–H groups in total. The first-order valence-electron chi connectivity index (χ1n) is 12.4. The Morgan fingerprint density at radius 2 is 1.63 bits per heavy atom. The molecule has 3 aliphatic rings. The summed E-state index contributed by atoms with van der Waals surface area (Å²) in [6.07, 6.45) is 2.00. The van der Waals surface area contributed by atoms with Crippen molar-refractivity contribution in [2.45, 2.75) is 51.0 Å². The second-order valence-electron chi connectivity index (χ2n) is 10.5. The fourth-order valence-electron chi connectivity index (χ4n) is 5.68. The quantitative estimate of drug-likeness (QED) is 0.589. The van der Waals surface area contributed by atoms with E-state index >= 15 is 0 Å². The van der Waals surface area contributed by atoms with Gasteiger partial charge in [-0.05, 0) is 54.4 Å². The summed E-state index contributed by atoms with van der Waals surface area (Å²) in [4.78, 5) is 39.0. The number of carbonyl (C=O) groups excluding carboxylic acids is 2. The van der Waals surface area contributed by atoms with Gasteiger partial charge in [0.25, 0.3) is 0 Å². The van der Waals surface area contributed by atoms with Crippen molar-refractivity contribution in [1.82, 2.24) is 10.2 Å². The number of aliphatic carboxylic acids is 1. The number of rotatable bonds is 8. The number of benzene rings is 2. The summed E-state index contributed by atoms with van der Waals surface area (Å²) >= 11 is 0. The molecule has 1 heterocycles. The van der Waals surface area contributed by atoms with Gasteiger partial charge in [-0.15, -0.1) is 0 Å². The Hall–Kier alpha value is -3.35. The number of hydrogen-bond donors (Lipinski definition) is 2. The van der Waals surface area contributed by atoms with E-state index in [2.05, 4.69) is 29.6 Å². The van der Waals surface area contributed by atoms with Gasteiger partial charge in [-0.1, -0.05) is 55.5 Å². The summed E-state index contributed by atoms with van der Waals surface area (Å²) in [5, 5.41) is 12.5. The predicted molar refractivity (Wildman–Crippen MR) is 131 cm³/mol. The monoisotopic (exact) mass is 476 g/mol. The van der Waals surface area contributed by atoms with Crippen LogP contribution in [0.15, 0.2) is 48.5 Å². The van der Waals surface area contributed by atoms with Gasteiger partial charge in [0.1, 0.15) is 12.0 Å². The van der Waals surface area contributed by atoms with Gasteiger partial charge in [0.2, 0.25) is 5.91 Å². The Kier molecular flexibility index (Phi) is 5.82. The van der Waals surface area contributed by atoms with Crippen LogP contribution in [-0.2, 0) is 14.3 Å². The average molecular weight is 477 g/mol. The molecule has 7 nitrogen and oxygen atoms in total. The van der Waals surface area contributed by atoms with Crippen LogP contribution < -0.4 is 5.32 Å². The van der Waals surface area contributed by atoms with Crippen molar-refractivity contribution in [2.24, 2.45) is 11.3 Å². The van der Waals surface area contributed by atoms with Gasteiger partial charge in [-0.2, -0.15) is 0 Å². The number of fused-ring (bicyclic) bond motifs is 3. The lowest BCUT2D eigenvalue weighted by Crippen LogP contribution is -2.63. The minimum atomic E-state index is -0.856. The minimum Gasteiger partial charge on any atom is -0.481 e. The molecule has 2 aromatic rings. The molecular weight excluding hydrogens is 444 g/mol.